The standard InChI is InChI=1S/C30H34N4O3S3/c1-3-4-8-17-33-29(35)27(39-30(33)38)19-24-21-34(25-13-6-5-7-14-25)31-28(24)23-12-9-15-26(18-23)40(36,37)32-16-10-11-22(2)20-32/h5-7,9,12-15,18-19,21-22H,3-4,8,10-11,16-17,20H2,1-2H3. The van der Waals surface area contributed by atoms with Crippen LogP contribution in [-0.4, -0.2) is 57.3 Å². The maximum Gasteiger partial charge on any atom is 0.266 e. The van der Waals surface area contributed by atoms with E-state index in [1.807, 2.05) is 48.7 Å². The Morgan fingerprint density at radius 3 is 2.67 bits per heavy atom. The monoisotopic (exact) mass is 594 g/mol. The van der Waals surface area contributed by atoms with Crippen LogP contribution in [0.5, 0.6) is 0 Å². The van der Waals surface area contributed by atoms with E-state index in [-0.39, 0.29) is 10.8 Å². The highest BCUT2D eigenvalue weighted by molar-refractivity contribution is 8.26. The lowest BCUT2D eigenvalue weighted by molar-refractivity contribution is -0.122. The topological polar surface area (TPSA) is 75.5 Å². The molecule has 210 valence electrons. The van der Waals surface area contributed by atoms with Crippen LogP contribution in [0, 0.1) is 5.92 Å². The van der Waals surface area contributed by atoms with Gasteiger partial charge in [0.25, 0.3) is 5.91 Å². The van der Waals surface area contributed by atoms with Crippen LogP contribution in [0.1, 0.15) is 51.5 Å². The molecule has 0 saturated carbocycles. The fourth-order valence-corrected chi connectivity index (χ4v) is 8.05. The van der Waals surface area contributed by atoms with E-state index in [9.17, 15) is 13.2 Å². The zero-order chi connectivity index (χ0) is 28.3. The first kappa shape index (κ1) is 28.7. The van der Waals surface area contributed by atoms with Gasteiger partial charge in [-0.15, -0.1) is 0 Å². The van der Waals surface area contributed by atoms with E-state index in [0.29, 0.717) is 46.0 Å². The van der Waals surface area contributed by atoms with Gasteiger partial charge in [-0.3, -0.25) is 9.69 Å². The molecule has 7 nitrogen and oxygen atoms in total. The van der Waals surface area contributed by atoms with E-state index < -0.39 is 10.0 Å². The number of hydrogen-bond donors (Lipinski definition) is 0. The molecule has 1 atom stereocenters. The highest BCUT2D eigenvalue weighted by Crippen LogP contribution is 2.36. The van der Waals surface area contributed by atoms with Crippen molar-refractivity contribution in [2.45, 2.75) is 50.8 Å². The Morgan fingerprint density at radius 1 is 1.12 bits per heavy atom. The molecule has 0 radical (unpaired) electrons. The van der Waals surface area contributed by atoms with Crippen LogP contribution in [0.25, 0.3) is 23.0 Å². The number of thioether (sulfide) groups is 1. The SMILES string of the molecule is CCCCCN1C(=O)C(=Cc2cn(-c3ccccc3)nc2-c2cccc(S(=O)(=O)N3CCCC(C)C3)c2)SC1=S. The first-order valence-corrected chi connectivity index (χ1v) is 16.5. The predicted molar refractivity (Wildman–Crippen MR) is 166 cm³/mol. The summed E-state index contributed by atoms with van der Waals surface area (Å²) in [6.07, 6.45) is 8.62. The number of benzene rings is 2. The largest absolute Gasteiger partial charge is 0.293 e. The van der Waals surface area contributed by atoms with E-state index in [1.165, 1.54) is 11.8 Å². The molecule has 5 rings (SSSR count). The number of nitrogens with zero attached hydrogens (tertiary/aromatic N) is 4. The van der Waals surface area contributed by atoms with Gasteiger partial charge in [0.15, 0.2) is 0 Å². The number of carbonyl (C=O) groups excluding carboxylic acids is 1. The van der Waals surface area contributed by atoms with Gasteiger partial charge in [-0.05, 0) is 55.5 Å². The summed E-state index contributed by atoms with van der Waals surface area (Å²) < 4.78 is 31.0. The number of amides is 1. The van der Waals surface area contributed by atoms with Crippen molar-refractivity contribution in [3.63, 3.8) is 0 Å². The van der Waals surface area contributed by atoms with Crippen molar-refractivity contribution in [1.29, 1.82) is 0 Å². The van der Waals surface area contributed by atoms with E-state index >= 15 is 0 Å². The number of para-hydroxylation sites is 1. The van der Waals surface area contributed by atoms with Crippen molar-refractivity contribution in [1.82, 2.24) is 19.0 Å². The first-order valence-electron chi connectivity index (χ1n) is 13.8. The number of unbranched alkanes of at least 4 members (excludes halogenated alkanes) is 2. The molecule has 0 N–H and O–H groups in total. The Balaban J connectivity index is 1.53. The molecule has 2 aliphatic rings. The van der Waals surface area contributed by atoms with Gasteiger partial charge in [-0.2, -0.15) is 9.40 Å². The van der Waals surface area contributed by atoms with Gasteiger partial charge in [0.1, 0.15) is 10.0 Å². The molecular weight excluding hydrogens is 561 g/mol. The number of rotatable bonds is 9. The summed E-state index contributed by atoms with van der Waals surface area (Å²) in [6, 6.07) is 16.7. The Labute approximate surface area is 246 Å². The van der Waals surface area contributed by atoms with Crippen molar-refractivity contribution in [2.75, 3.05) is 19.6 Å². The van der Waals surface area contributed by atoms with E-state index in [4.69, 9.17) is 17.3 Å². The predicted octanol–water partition coefficient (Wildman–Crippen LogP) is 6.35. The highest BCUT2D eigenvalue weighted by atomic mass is 32.2. The third-order valence-electron chi connectivity index (χ3n) is 7.27. The quantitative estimate of drug-likeness (QED) is 0.163. The molecule has 1 aromatic heterocycles. The highest BCUT2D eigenvalue weighted by Gasteiger charge is 2.32. The molecule has 3 heterocycles. The molecule has 1 unspecified atom stereocenters. The van der Waals surface area contributed by atoms with Crippen LogP contribution in [0.2, 0.25) is 0 Å². The Bertz CT molecular complexity index is 1530. The van der Waals surface area contributed by atoms with Crippen molar-refractivity contribution < 1.29 is 13.2 Å². The smallest absolute Gasteiger partial charge is 0.266 e. The van der Waals surface area contributed by atoms with Gasteiger partial charge in [0.2, 0.25) is 10.0 Å². The van der Waals surface area contributed by atoms with Crippen LogP contribution < -0.4 is 0 Å². The number of hydrogen-bond acceptors (Lipinski definition) is 6. The summed E-state index contributed by atoms with van der Waals surface area (Å²) >= 11 is 6.83. The van der Waals surface area contributed by atoms with Gasteiger partial charge in [0.05, 0.1) is 15.5 Å². The van der Waals surface area contributed by atoms with Gasteiger partial charge in [-0.1, -0.05) is 81.0 Å². The van der Waals surface area contributed by atoms with E-state index in [2.05, 4.69) is 13.8 Å². The molecule has 1 amide bonds. The molecule has 40 heavy (non-hydrogen) atoms. The first-order chi connectivity index (χ1) is 19.3. The molecule has 3 aromatic rings. The van der Waals surface area contributed by atoms with Crippen LogP contribution >= 0.6 is 24.0 Å². The lowest BCUT2D eigenvalue weighted by Gasteiger charge is -2.30. The fourth-order valence-electron chi connectivity index (χ4n) is 5.10. The average Bonchev–Trinajstić information content (AvgIpc) is 3.50. The van der Waals surface area contributed by atoms with Gasteiger partial charge in [-0.25, -0.2) is 13.1 Å². The minimum atomic E-state index is -3.64. The molecule has 2 aromatic carbocycles. The molecule has 0 bridgehead atoms. The van der Waals surface area contributed by atoms with Gasteiger partial charge < -0.3 is 0 Å². The third-order valence-corrected chi connectivity index (χ3v) is 10.5. The Hall–Kier alpha value is -2.79. The summed E-state index contributed by atoms with van der Waals surface area (Å²) in [6.45, 7) is 5.89. The van der Waals surface area contributed by atoms with Crippen LogP contribution in [0.3, 0.4) is 0 Å². The maximum atomic E-state index is 13.6. The average molecular weight is 595 g/mol. The molecule has 2 aliphatic heterocycles. The molecule has 0 spiro atoms. The number of thiocarbonyl (C=S) groups is 1. The van der Waals surface area contributed by atoms with Gasteiger partial charge >= 0.3 is 0 Å². The van der Waals surface area contributed by atoms with Crippen molar-refractivity contribution in [2.24, 2.45) is 5.92 Å². The normalized spacial score (nSPS) is 19.6. The fraction of sp³-hybridized carbons (Fsp3) is 0.367. The molecule has 2 fully saturated rings. The minimum Gasteiger partial charge on any atom is -0.293 e. The molecule has 2 saturated heterocycles. The third kappa shape index (κ3) is 6.10. The van der Waals surface area contributed by atoms with Gasteiger partial charge in [0, 0.05) is 37.0 Å². The van der Waals surface area contributed by atoms with Crippen LogP contribution in [0.4, 0.5) is 0 Å². The maximum absolute atomic E-state index is 13.6. The van der Waals surface area contributed by atoms with E-state index in [0.717, 1.165) is 43.4 Å². The number of sulfonamides is 1. The minimum absolute atomic E-state index is 0.0972. The van der Waals surface area contributed by atoms with E-state index in [1.54, 1.807) is 32.1 Å². The summed E-state index contributed by atoms with van der Waals surface area (Å²) in [7, 11) is -3.64. The summed E-state index contributed by atoms with van der Waals surface area (Å²) in [4.78, 5) is 15.7. The lowest BCUT2D eigenvalue weighted by Crippen LogP contribution is -2.39. The van der Waals surface area contributed by atoms with Crippen LogP contribution in [0.15, 0.2) is 70.6 Å². The number of piperidine rings is 1. The summed E-state index contributed by atoms with van der Waals surface area (Å²) in [5.41, 5.74) is 2.86. The zero-order valence-corrected chi connectivity index (χ0v) is 25.3. The Morgan fingerprint density at radius 2 is 1.93 bits per heavy atom. The second-order valence-corrected chi connectivity index (χ2v) is 14.0. The summed E-state index contributed by atoms with van der Waals surface area (Å²) in [5.74, 6) is 0.237. The zero-order valence-electron chi connectivity index (χ0n) is 22.8. The number of carbonyl (C=O) groups is 1. The molecule has 10 heteroatoms. The molecule has 0 aliphatic carbocycles. The second-order valence-electron chi connectivity index (χ2n) is 10.4. The van der Waals surface area contributed by atoms with Crippen molar-refractivity contribution in [3.05, 3.63) is 71.3 Å². The second kappa shape index (κ2) is 12.4. The van der Waals surface area contributed by atoms with Crippen molar-refractivity contribution in [3.8, 4) is 16.9 Å². The lowest BCUT2D eigenvalue weighted by atomic mass is 10.0. The summed E-state index contributed by atoms with van der Waals surface area (Å²) in [5, 5.41) is 4.86. The number of aromatic nitrogens is 2. The van der Waals surface area contributed by atoms with Crippen molar-refractivity contribution >= 4 is 50.3 Å². The Kier molecular flexibility index (Phi) is 8.89. The molecular formula is C30H34N4O3S3. The van der Waals surface area contributed by atoms with Crippen LogP contribution in [-0.2, 0) is 14.8 Å².